The van der Waals surface area contributed by atoms with E-state index in [4.69, 9.17) is 5.73 Å². The second-order valence-corrected chi connectivity index (χ2v) is 5.44. The van der Waals surface area contributed by atoms with Crippen molar-refractivity contribution in [2.75, 3.05) is 16.8 Å². The predicted octanol–water partition coefficient (Wildman–Crippen LogP) is 4.02. The van der Waals surface area contributed by atoms with Crippen molar-refractivity contribution < 1.29 is 18.0 Å². The van der Waals surface area contributed by atoms with Crippen molar-refractivity contribution in [1.82, 2.24) is 0 Å². The third-order valence-corrected chi connectivity index (χ3v) is 3.87. The van der Waals surface area contributed by atoms with E-state index in [1.165, 1.54) is 30.0 Å². The van der Waals surface area contributed by atoms with E-state index in [2.05, 4.69) is 5.32 Å². The summed E-state index contributed by atoms with van der Waals surface area (Å²) in [5, 5.41) is 2.29. The van der Waals surface area contributed by atoms with E-state index in [0.717, 1.165) is 6.07 Å². The van der Waals surface area contributed by atoms with Crippen LogP contribution in [-0.4, -0.2) is 11.7 Å². The zero-order valence-corrected chi connectivity index (χ0v) is 12.2. The van der Waals surface area contributed by atoms with Crippen LogP contribution in [0.3, 0.4) is 0 Å². The van der Waals surface area contributed by atoms with E-state index in [1.807, 2.05) is 0 Å². The Bertz CT molecular complexity index is 674. The lowest BCUT2D eigenvalue weighted by Crippen LogP contribution is -2.18. The highest BCUT2D eigenvalue weighted by molar-refractivity contribution is 8.00. The summed E-state index contributed by atoms with van der Waals surface area (Å²) in [4.78, 5) is 12.5. The zero-order chi connectivity index (χ0) is 16.2. The van der Waals surface area contributed by atoms with Gasteiger partial charge in [0.05, 0.1) is 17.0 Å². The molecular formula is C15H13F3N2OS. The molecule has 7 heteroatoms. The maximum Gasteiger partial charge on any atom is 0.418 e. The summed E-state index contributed by atoms with van der Waals surface area (Å²) in [6.45, 7) is 0. The van der Waals surface area contributed by atoms with Crippen molar-refractivity contribution in [2.45, 2.75) is 11.1 Å². The van der Waals surface area contributed by atoms with E-state index in [9.17, 15) is 18.0 Å². The highest BCUT2D eigenvalue weighted by Crippen LogP contribution is 2.34. The lowest BCUT2D eigenvalue weighted by Gasteiger charge is -2.13. The SMILES string of the molecule is Nc1ccccc1SCC(=O)Nc1ccccc1C(F)(F)F. The van der Waals surface area contributed by atoms with Crippen LogP contribution in [0.4, 0.5) is 24.5 Å². The van der Waals surface area contributed by atoms with E-state index in [-0.39, 0.29) is 11.4 Å². The first-order valence-electron chi connectivity index (χ1n) is 6.31. The van der Waals surface area contributed by atoms with Crippen LogP contribution in [0.1, 0.15) is 5.56 Å². The van der Waals surface area contributed by atoms with Crippen molar-refractivity contribution in [3.8, 4) is 0 Å². The molecule has 0 aromatic heterocycles. The Hall–Kier alpha value is -2.15. The van der Waals surface area contributed by atoms with Gasteiger partial charge < -0.3 is 11.1 Å². The molecule has 0 spiro atoms. The fourth-order valence-electron chi connectivity index (χ4n) is 1.78. The highest BCUT2D eigenvalue weighted by Gasteiger charge is 2.33. The van der Waals surface area contributed by atoms with E-state index in [1.54, 1.807) is 24.3 Å². The highest BCUT2D eigenvalue weighted by atomic mass is 32.2. The Morgan fingerprint density at radius 1 is 1.09 bits per heavy atom. The maximum atomic E-state index is 12.8. The van der Waals surface area contributed by atoms with Crippen molar-refractivity contribution in [2.24, 2.45) is 0 Å². The van der Waals surface area contributed by atoms with Gasteiger partial charge in [-0.05, 0) is 24.3 Å². The van der Waals surface area contributed by atoms with Gasteiger partial charge in [0.2, 0.25) is 5.91 Å². The van der Waals surface area contributed by atoms with Gasteiger partial charge in [0, 0.05) is 10.6 Å². The summed E-state index contributed by atoms with van der Waals surface area (Å²) in [5.74, 6) is -0.551. The number of anilines is 2. The predicted molar refractivity (Wildman–Crippen MR) is 81.7 cm³/mol. The minimum absolute atomic E-state index is 0.0274. The molecule has 3 nitrogen and oxygen atoms in total. The number of thioether (sulfide) groups is 1. The molecule has 0 aliphatic rings. The molecular weight excluding hydrogens is 313 g/mol. The molecule has 0 aliphatic carbocycles. The molecule has 0 unspecified atom stereocenters. The summed E-state index contributed by atoms with van der Waals surface area (Å²) in [5.41, 5.74) is 5.15. The van der Waals surface area contributed by atoms with Gasteiger partial charge in [-0.15, -0.1) is 11.8 Å². The van der Waals surface area contributed by atoms with Gasteiger partial charge in [-0.2, -0.15) is 13.2 Å². The number of alkyl halides is 3. The van der Waals surface area contributed by atoms with Gasteiger partial charge in [0.25, 0.3) is 0 Å². The van der Waals surface area contributed by atoms with Crippen LogP contribution < -0.4 is 11.1 Å². The number of amides is 1. The number of rotatable bonds is 4. The van der Waals surface area contributed by atoms with E-state index in [0.29, 0.717) is 10.6 Å². The van der Waals surface area contributed by atoms with Gasteiger partial charge >= 0.3 is 6.18 Å². The third kappa shape index (κ3) is 4.17. The standard InChI is InChI=1S/C15H13F3N2OS/c16-15(17,18)10-5-1-3-7-12(10)20-14(21)9-22-13-8-4-2-6-11(13)19/h1-8H,9,19H2,(H,20,21). The average molecular weight is 326 g/mol. The number of halogens is 3. The average Bonchev–Trinajstić information content (AvgIpc) is 2.46. The largest absolute Gasteiger partial charge is 0.418 e. The molecule has 22 heavy (non-hydrogen) atoms. The first kappa shape index (κ1) is 16.2. The molecule has 2 rings (SSSR count). The smallest absolute Gasteiger partial charge is 0.398 e. The molecule has 0 saturated carbocycles. The third-order valence-electron chi connectivity index (χ3n) is 2.78. The Morgan fingerprint density at radius 2 is 1.73 bits per heavy atom. The maximum absolute atomic E-state index is 12.8. The normalized spacial score (nSPS) is 11.2. The number of nitrogen functional groups attached to an aromatic ring is 1. The number of para-hydroxylation sites is 2. The first-order valence-corrected chi connectivity index (χ1v) is 7.30. The summed E-state index contributed by atoms with van der Waals surface area (Å²) in [7, 11) is 0. The summed E-state index contributed by atoms with van der Waals surface area (Å²) < 4.78 is 38.5. The number of nitrogens with two attached hydrogens (primary N) is 1. The van der Waals surface area contributed by atoms with Gasteiger partial charge in [0.15, 0.2) is 0 Å². The van der Waals surface area contributed by atoms with Crippen LogP contribution in [0.25, 0.3) is 0 Å². The van der Waals surface area contributed by atoms with Crippen LogP contribution in [-0.2, 0) is 11.0 Å². The lowest BCUT2D eigenvalue weighted by molar-refractivity contribution is -0.137. The number of hydrogen-bond acceptors (Lipinski definition) is 3. The summed E-state index contributed by atoms with van der Waals surface area (Å²) in [6, 6.07) is 11.8. The lowest BCUT2D eigenvalue weighted by atomic mass is 10.1. The fourth-order valence-corrected chi connectivity index (χ4v) is 2.55. The van der Waals surface area contributed by atoms with Gasteiger partial charge in [-0.3, -0.25) is 4.79 Å². The molecule has 2 aromatic rings. The van der Waals surface area contributed by atoms with Crippen LogP contribution in [0.2, 0.25) is 0 Å². The van der Waals surface area contributed by atoms with Gasteiger partial charge in [0.1, 0.15) is 0 Å². The second kappa shape index (κ2) is 6.74. The number of carbonyl (C=O) groups excluding carboxylic acids is 1. The van der Waals surface area contributed by atoms with Crippen molar-refractivity contribution in [3.63, 3.8) is 0 Å². The molecule has 2 aromatic carbocycles. The van der Waals surface area contributed by atoms with E-state index < -0.39 is 17.6 Å². The molecule has 0 heterocycles. The van der Waals surface area contributed by atoms with E-state index >= 15 is 0 Å². The zero-order valence-electron chi connectivity index (χ0n) is 11.4. The van der Waals surface area contributed by atoms with Crippen molar-refractivity contribution in [1.29, 1.82) is 0 Å². The summed E-state index contributed by atoms with van der Waals surface area (Å²) in [6.07, 6.45) is -4.51. The molecule has 116 valence electrons. The molecule has 0 radical (unpaired) electrons. The number of nitrogens with one attached hydrogen (secondary N) is 1. The van der Waals surface area contributed by atoms with Crippen LogP contribution in [0, 0.1) is 0 Å². The minimum atomic E-state index is -4.51. The Balaban J connectivity index is 2.03. The second-order valence-electron chi connectivity index (χ2n) is 4.42. The number of hydrogen-bond donors (Lipinski definition) is 2. The minimum Gasteiger partial charge on any atom is -0.398 e. The number of carbonyl (C=O) groups is 1. The number of benzene rings is 2. The van der Waals surface area contributed by atoms with Crippen LogP contribution in [0.15, 0.2) is 53.4 Å². The van der Waals surface area contributed by atoms with Crippen LogP contribution in [0.5, 0.6) is 0 Å². The first-order chi connectivity index (χ1) is 10.4. The molecule has 0 fully saturated rings. The molecule has 0 aliphatic heterocycles. The molecule has 1 amide bonds. The fraction of sp³-hybridized carbons (Fsp3) is 0.133. The van der Waals surface area contributed by atoms with Crippen molar-refractivity contribution >= 4 is 29.0 Å². The Kier molecular flexibility index (Phi) is 4.97. The summed E-state index contributed by atoms with van der Waals surface area (Å²) >= 11 is 1.17. The molecule has 0 atom stereocenters. The molecule has 0 bridgehead atoms. The topological polar surface area (TPSA) is 55.1 Å². The molecule has 0 saturated heterocycles. The quantitative estimate of drug-likeness (QED) is 0.659. The Morgan fingerprint density at radius 3 is 2.41 bits per heavy atom. The molecule has 3 N–H and O–H groups in total. The monoisotopic (exact) mass is 326 g/mol. The van der Waals surface area contributed by atoms with Crippen molar-refractivity contribution in [3.05, 3.63) is 54.1 Å². The van der Waals surface area contributed by atoms with Gasteiger partial charge in [-0.1, -0.05) is 24.3 Å². The Labute approximate surface area is 129 Å². The van der Waals surface area contributed by atoms with Crippen LogP contribution >= 0.6 is 11.8 Å². The van der Waals surface area contributed by atoms with Gasteiger partial charge in [-0.25, -0.2) is 0 Å².